The number of nitrogens with zero attached hydrogens (tertiary/aromatic N) is 1. The van der Waals surface area contributed by atoms with Gasteiger partial charge < -0.3 is 9.47 Å². The Hall–Kier alpha value is -1.37. The van der Waals surface area contributed by atoms with Crippen molar-refractivity contribution in [2.45, 2.75) is 33.0 Å². The Morgan fingerprint density at radius 2 is 1.76 bits per heavy atom. The number of rotatable bonds is 5. The van der Waals surface area contributed by atoms with Crippen molar-refractivity contribution in [1.82, 2.24) is 0 Å². The van der Waals surface area contributed by atoms with Crippen molar-refractivity contribution in [2.24, 2.45) is 0 Å². The molecule has 92 valence electrons. The Balaban J connectivity index is 2.20. The summed E-state index contributed by atoms with van der Waals surface area (Å²) in [5, 5.41) is 8.65. The van der Waals surface area contributed by atoms with Gasteiger partial charge in [0, 0.05) is 0 Å². The van der Waals surface area contributed by atoms with Crippen molar-refractivity contribution >= 4 is 0 Å². The van der Waals surface area contributed by atoms with Gasteiger partial charge >= 0.3 is 0 Å². The maximum atomic E-state index is 8.65. The molecule has 0 spiro atoms. The van der Waals surface area contributed by atoms with Crippen LogP contribution < -0.4 is 0 Å². The fraction of sp³-hybridized carbons (Fsp3) is 0.500. The minimum atomic E-state index is -0.113. The molecule has 0 aliphatic carbocycles. The van der Waals surface area contributed by atoms with Crippen LogP contribution >= 0.6 is 0 Å². The van der Waals surface area contributed by atoms with Gasteiger partial charge in [-0.3, -0.25) is 0 Å². The highest BCUT2D eigenvalue weighted by Crippen LogP contribution is 2.07. The second kappa shape index (κ2) is 6.39. The molecule has 0 amide bonds. The van der Waals surface area contributed by atoms with Gasteiger partial charge in [-0.2, -0.15) is 5.26 Å². The molecule has 0 N–H and O–H groups in total. The van der Waals surface area contributed by atoms with Crippen LogP contribution in [0.5, 0.6) is 0 Å². The second-order valence-electron chi connectivity index (χ2n) is 4.82. The van der Waals surface area contributed by atoms with Gasteiger partial charge in [0.05, 0.1) is 37.1 Å². The van der Waals surface area contributed by atoms with E-state index in [1.54, 1.807) is 12.1 Å². The topological polar surface area (TPSA) is 42.2 Å². The summed E-state index contributed by atoms with van der Waals surface area (Å²) in [4.78, 5) is 0. The molecule has 0 saturated heterocycles. The lowest BCUT2D eigenvalue weighted by molar-refractivity contribution is -0.0376. The highest BCUT2D eigenvalue weighted by Gasteiger charge is 2.08. The van der Waals surface area contributed by atoms with Gasteiger partial charge in [-0.1, -0.05) is 12.1 Å². The van der Waals surface area contributed by atoms with E-state index < -0.39 is 0 Å². The number of nitriles is 1. The van der Waals surface area contributed by atoms with Crippen LogP contribution in [0.25, 0.3) is 0 Å². The molecule has 1 rings (SSSR count). The van der Waals surface area contributed by atoms with Gasteiger partial charge in [0.15, 0.2) is 0 Å². The average molecular weight is 233 g/mol. The summed E-state index contributed by atoms with van der Waals surface area (Å²) in [5.74, 6) is 0. The smallest absolute Gasteiger partial charge is 0.0991 e. The number of hydrogen-bond donors (Lipinski definition) is 0. The molecule has 1 aromatic rings. The van der Waals surface area contributed by atoms with E-state index in [-0.39, 0.29) is 5.60 Å². The molecule has 3 nitrogen and oxygen atoms in total. The summed E-state index contributed by atoms with van der Waals surface area (Å²) in [6, 6.07) is 9.49. The van der Waals surface area contributed by atoms with Crippen molar-refractivity contribution in [3.8, 4) is 6.07 Å². The molecule has 0 heterocycles. The van der Waals surface area contributed by atoms with E-state index in [9.17, 15) is 0 Å². The van der Waals surface area contributed by atoms with Crippen LogP contribution in [0.3, 0.4) is 0 Å². The number of benzene rings is 1. The van der Waals surface area contributed by atoms with Gasteiger partial charge in [0.25, 0.3) is 0 Å². The minimum Gasteiger partial charge on any atom is -0.374 e. The van der Waals surface area contributed by atoms with E-state index in [0.717, 1.165) is 5.56 Å². The fourth-order valence-electron chi connectivity index (χ4n) is 1.27. The number of ether oxygens (including phenoxy) is 2. The maximum absolute atomic E-state index is 8.65. The molecule has 0 aromatic heterocycles. The summed E-state index contributed by atoms with van der Waals surface area (Å²) >= 11 is 0. The Morgan fingerprint density at radius 1 is 1.12 bits per heavy atom. The first-order valence-electron chi connectivity index (χ1n) is 5.72. The Morgan fingerprint density at radius 3 is 2.29 bits per heavy atom. The molecular weight excluding hydrogens is 214 g/mol. The molecule has 0 aliphatic heterocycles. The van der Waals surface area contributed by atoms with E-state index in [1.807, 2.05) is 32.9 Å². The summed E-state index contributed by atoms with van der Waals surface area (Å²) in [6.07, 6.45) is 0. The lowest BCUT2D eigenvalue weighted by atomic mass is 10.2. The first-order chi connectivity index (χ1) is 8.01. The van der Waals surface area contributed by atoms with Crippen LogP contribution in [0.4, 0.5) is 0 Å². The third kappa shape index (κ3) is 6.06. The van der Waals surface area contributed by atoms with Crippen LogP contribution in [0.1, 0.15) is 31.9 Å². The van der Waals surface area contributed by atoms with Gasteiger partial charge in [-0.05, 0) is 38.5 Å². The molecule has 0 unspecified atom stereocenters. The maximum Gasteiger partial charge on any atom is 0.0991 e. The molecule has 0 aliphatic rings. The second-order valence-corrected chi connectivity index (χ2v) is 4.82. The third-order valence-corrected chi connectivity index (χ3v) is 2.11. The van der Waals surface area contributed by atoms with Crippen molar-refractivity contribution < 1.29 is 9.47 Å². The lowest BCUT2D eigenvalue weighted by Gasteiger charge is -2.19. The van der Waals surface area contributed by atoms with E-state index in [2.05, 4.69) is 6.07 Å². The van der Waals surface area contributed by atoms with Crippen molar-refractivity contribution in [2.75, 3.05) is 13.2 Å². The Labute approximate surface area is 103 Å². The molecule has 17 heavy (non-hydrogen) atoms. The number of hydrogen-bond acceptors (Lipinski definition) is 3. The van der Waals surface area contributed by atoms with Crippen molar-refractivity contribution in [1.29, 1.82) is 5.26 Å². The van der Waals surface area contributed by atoms with Crippen LogP contribution in [0.15, 0.2) is 24.3 Å². The lowest BCUT2D eigenvalue weighted by Crippen LogP contribution is -2.21. The van der Waals surface area contributed by atoms with E-state index in [0.29, 0.717) is 25.4 Å². The highest BCUT2D eigenvalue weighted by molar-refractivity contribution is 5.31. The average Bonchev–Trinajstić information content (AvgIpc) is 2.28. The van der Waals surface area contributed by atoms with E-state index >= 15 is 0 Å². The van der Waals surface area contributed by atoms with Crippen LogP contribution in [-0.4, -0.2) is 18.8 Å². The summed E-state index contributed by atoms with van der Waals surface area (Å²) in [5.41, 5.74) is 1.63. The largest absolute Gasteiger partial charge is 0.374 e. The first kappa shape index (κ1) is 13.7. The molecule has 1 aromatic carbocycles. The predicted molar refractivity (Wildman–Crippen MR) is 66.5 cm³/mol. The molecule has 0 atom stereocenters. The monoisotopic (exact) mass is 233 g/mol. The van der Waals surface area contributed by atoms with Gasteiger partial charge in [-0.25, -0.2) is 0 Å². The molecule has 0 radical (unpaired) electrons. The van der Waals surface area contributed by atoms with Crippen LogP contribution in [-0.2, 0) is 16.1 Å². The van der Waals surface area contributed by atoms with Gasteiger partial charge in [0.2, 0.25) is 0 Å². The third-order valence-electron chi connectivity index (χ3n) is 2.11. The summed E-state index contributed by atoms with van der Waals surface area (Å²) < 4.78 is 11.0. The van der Waals surface area contributed by atoms with E-state index in [4.69, 9.17) is 14.7 Å². The summed E-state index contributed by atoms with van der Waals surface area (Å²) in [7, 11) is 0. The zero-order valence-electron chi connectivity index (χ0n) is 10.7. The highest BCUT2D eigenvalue weighted by atomic mass is 16.5. The zero-order chi connectivity index (χ0) is 12.7. The van der Waals surface area contributed by atoms with Crippen molar-refractivity contribution in [3.63, 3.8) is 0 Å². The molecule has 0 saturated carbocycles. The fourth-order valence-corrected chi connectivity index (χ4v) is 1.27. The van der Waals surface area contributed by atoms with Crippen LogP contribution in [0.2, 0.25) is 0 Å². The molecule has 3 heteroatoms. The normalized spacial score (nSPS) is 11.2. The van der Waals surface area contributed by atoms with E-state index in [1.165, 1.54) is 0 Å². The van der Waals surface area contributed by atoms with Gasteiger partial charge in [-0.15, -0.1) is 0 Å². The van der Waals surface area contributed by atoms with Crippen LogP contribution in [0, 0.1) is 11.3 Å². The molecule has 0 fully saturated rings. The standard InChI is InChI=1S/C14H19NO2/c1-14(2,3)17-9-8-16-11-13-6-4-12(10-15)5-7-13/h4-7H,8-9,11H2,1-3H3. The zero-order valence-corrected chi connectivity index (χ0v) is 10.7. The molecule has 0 bridgehead atoms. The SMILES string of the molecule is CC(C)(C)OCCOCc1ccc(C#N)cc1. The minimum absolute atomic E-state index is 0.113. The quantitative estimate of drug-likeness (QED) is 0.734. The predicted octanol–water partition coefficient (Wildman–Crippen LogP) is 2.89. The molecular formula is C14H19NO2. The van der Waals surface area contributed by atoms with Gasteiger partial charge in [0.1, 0.15) is 0 Å². The van der Waals surface area contributed by atoms with Crippen molar-refractivity contribution in [3.05, 3.63) is 35.4 Å². The summed E-state index contributed by atoms with van der Waals surface area (Å²) in [6.45, 7) is 7.80. The Kier molecular flexibility index (Phi) is 5.14. The Bertz CT molecular complexity index is 371. The first-order valence-corrected chi connectivity index (χ1v) is 5.72.